The van der Waals surface area contributed by atoms with Gasteiger partial charge in [0.25, 0.3) is 11.5 Å². The fourth-order valence-electron chi connectivity index (χ4n) is 0.977. The molecule has 0 bridgehead atoms. The summed E-state index contributed by atoms with van der Waals surface area (Å²) in [5.74, 6) is -0.346. The van der Waals surface area contributed by atoms with Crippen LogP contribution in [-0.2, 0) is 4.84 Å². The third kappa shape index (κ3) is 3.33. The minimum absolute atomic E-state index is 0.0213. The van der Waals surface area contributed by atoms with Crippen LogP contribution in [0, 0.1) is 6.92 Å². The van der Waals surface area contributed by atoms with Gasteiger partial charge in [0.05, 0.1) is 6.61 Å². The van der Waals surface area contributed by atoms with Crippen molar-refractivity contribution in [1.29, 1.82) is 0 Å². The first-order valence-electron chi connectivity index (χ1n) is 4.43. The molecule has 0 aromatic carbocycles. The highest BCUT2D eigenvalue weighted by Crippen LogP contribution is 2.12. The Morgan fingerprint density at radius 1 is 1.69 bits per heavy atom. The number of rotatable bonds is 4. The summed E-state index contributed by atoms with van der Waals surface area (Å²) < 4.78 is 0.648. The number of carbonyl (C=O) groups is 1. The van der Waals surface area contributed by atoms with Gasteiger partial charge in [-0.15, -0.1) is 11.6 Å². The maximum Gasteiger partial charge on any atom is 0.280 e. The molecule has 16 heavy (non-hydrogen) atoms. The number of aryl methyl sites for hydroxylation is 1. The van der Waals surface area contributed by atoms with Gasteiger partial charge in [-0.25, -0.2) is 5.48 Å². The maximum absolute atomic E-state index is 11.5. The molecule has 1 heterocycles. The third-order valence-corrected chi connectivity index (χ3v) is 2.74. The van der Waals surface area contributed by atoms with Crippen molar-refractivity contribution in [1.82, 2.24) is 10.5 Å². The minimum Gasteiger partial charge on any atom is -0.325 e. The molecule has 88 valence electrons. The lowest BCUT2D eigenvalue weighted by Gasteiger charge is -2.05. The Labute approximate surface area is 105 Å². The van der Waals surface area contributed by atoms with Crippen molar-refractivity contribution in [3.63, 3.8) is 0 Å². The van der Waals surface area contributed by atoms with Crippen LogP contribution in [0.4, 0.5) is 0 Å². The summed E-state index contributed by atoms with van der Waals surface area (Å²) in [5.41, 5.74) is 2.29. The topological polar surface area (TPSA) is 71.2 Å². The molecular formula is C9H10BrClN2O3. The largest absolute Gasteiger partial charge is 0.325 e. The Hall–Kier alpha value is -0.850. The molecule has 0 saturated heterocycles. The lowest BCUT2D eigenvalue weighted by atomic mass is 10.2. The van der Waals surface area contributed by atoms with E-state index in [0.29, 0.717) is 10.2 Å². The summed E-state index contributed by atoms with van der Waals surface area (Å²) in [6.45, 7) is 1.90. The van der Waals surface area contributed by atoms with E-state index in [1.54, 1.807) is 6.92 Å². The third-order valence-electron chi connectivity index (χ3n) is 1.76. The molecule has 1 rings (SSSR count). The number of hydrogen-bond donors (Lipinski definition) is 2. The fourth-order valence-corrected chi connectivity index (χ4v) is 1.38. The minimum atomic E-state index is -0.605. The van der Waals surface area contributed by atoms with Crippen molar-refractivity contribution < 1.29 is 9.63 Å². The molecule has 1 aromatic heterocycles. The number of alkyl halides is 1. The predicted molar refractivity (Wildman–Crippen MR) is 63.6 cm³/mol. The highest BCUT2D eigenvalue weighted by molar-refractivity contribution is 9.10. The SMILES string of the molecule is Cc1[nH]c(=O)c(C(=O)NOCCCl)cc1Br. The fraction of sp³-hybridized carbons (Fsp3) is 0.333. The van der Waals surface area contributed by atoms with Crippen LogP contribution in [0.15, 0.2) is 15.3 Å². The quantitative estimate of drug-likeness (QED) is 0.501. The molecule has 5 nitrogen and oxygen atoms in total. The van der Waals surface area contributed by atoms with E-state index in [1.807, 2.05) is 0 Å². The lowest BCUT2D eigenvalue weighted by Crippen LogP contribution is -2.30. The van der Waals surface area contributed by atoms with E-state index >= 15 is 0 Å². The Morgan fingerprint density at radius 2 is 2.38 bits per heavy atom. The number of hydrogen-bond acceptors (Lipinski definition) is 3. The van der Waals surface area contributed by atoms with Gasteiger partial charge in [-0.05, 0) is 28.9 Å². The van der Waals surface area contributed by atoms with Crippen molar-refractivity contribution in [2.75, 3.05) is 12.5 Å². The van der Waals surface area contributed by atoms with Crippen LogP contribution in [0.5, 0.6) is 0 Å². The summed E-state index contributed by atoms with van der Waals surface area (Å²) in [5, 5.41) is 0. The number of hydroxylamine groups is 1. The molecule has 0 fully saturated rings. The zero-order chi connectivity index (χ0) is 12.1. The Balaban J connectivity index is 2.84. The molecule has 0 aliphatic rings. The second kappa shape index (κ2) is 6.03. The summed E-state index contributed by atoms with van der Waals surface area (Å²) in [4.78, 5) is 30.2. The molecule has 2 N–H and O–H groups in total. The van der Waals surface area contributed by atoms with Gasteiger partial charge in [0, 0.05) is 16.0 Å². The zero-order valence-electron chi connectivity index (χ0n) is 8.47. The molecular weight excluding hydrogens is 299 g/mol. The Bertz CT molecular complexity index is 447. The first-order chi connectivity index (χ1) is 7.56. The van der Waals surface area contributed by atoms with Gasteiger partial charge in [0.15, 0.2) is 0 Å². The van der Waals surface area contributed by atoms with Crippen molar-refractivity contribution in [3.05, 3.63) is 32.2 Å². The molecule has 1 aromatic rings. The molecule has 7 heteroatoms. The zero-order valence-corrected chi connectivity index (χ0v) is 10.8. The Morgan fingerprint density at radius 3 is 3.00 bits per heavy atom. The van der Waals surface area contributed by atoms with Crippen LogP contribution in [-0.4, -0.2) is 23.4 Å². The second-order valence-corrected chi connectivity index (χ2v) is 4.19. The second-order valence-electron chi connectivity index (χ2n) is 2.95. The van der Waals surface area contributed by atoms with Crippen LogP contribution in [0.25, 0.3) is 0 Å². The Kier molecular flexibility index (Phi) is 4.98. The standard InChI is InChI=1S/C9H10BrClN2O3/c1-5-7(10)4-6(8(14)12-5)9(15)13-16-3-2-11/h4H,2-3H2,1H3,(H,12,14)(H,13,15). The van der Waals surface area contributed by atoms with Crippen LogP contribution in [0.3, 0.4) is 0 Å². The number of amides is 1. The highest BCUT2D eigenvalue weighted by atomic mass is 79.9. The van der Waals surface area contributed by atoms with Crippen LogP contribution in [0.1, 0.15) is 16.1 Å². The van der Waals surface area contributed by atoms with Crippen LogP contribution in [0.2, 0.25) is 0 Å². The molecule has 1 amide bonds. The van der Waals surface area contributed by atoms with Crippen molar-refractivity contribution in [3.8, 4) is 0 Å². The van der Waals surface area contributed by atoms with Crippen molar-refractivity contribution >= 4 is 33.4 Å². The number of nitrogens with one attached hydrogen (secondary N) is 2. The van der Waals surface area contributed by atoms with Gasteiger partial charge in [-0.2, -0.15) is 0 Å². The number of halogens is 2. The maximum atomic E-state index is 11.5. The number of aromatic amines is 1. The smallest absolute Gasteiger partial charge is 0.280 e. The summed E-state index contributed by atoms with van der Waals surface area (Å²) in [7, 11) is 0. The summed E-state index contributed by atoms with van der Waals surface area (Å²) >= 11 is 8.57. The van der Waals surface area contributed by atoms with E-state index in [4.69, 9.17) is 16.4 Å². The van der Waals surface area contributed by atoms with Crippen LogP contribution < -0.4 is 11.0 Å². The van der Waals surface area contributed by atoms with Gasteiger partial charge >= 0.3 is 0 Å². The first-order valence-corrected chi connectivity index (χ1v) is 5.76. The average Bonchev–Trinajstić information content (AvgIpc) is 2.23. The van der Waals surface area contributed by atoms with E-state index < -0.39 is 11.5 Å². The molecule has 0 radical (unpaired) electrons. The van der Waals surface area contributed by atoms with E-state index in [2.05, 4.69) is 26.4 Å². The lowest BCUT2D eigenvalue weighted by molar-refractivity contribution is 0.0370. The summed E-state index contributed by atoms with van der Waals surface area (Å²) in [6, 6.07) is 1.44. The highest BCUT2D eigenvalue weighted by Gasteiger charge is 2.12. The predicted octanol–water partition coefficient (Wildman–Crippen LogP) is 1.35. The molecule has 0 saturated carbocycles. The first kappa shape index (κ1) is 13.2. The number of carbonyl (C=O) groups excluding carboxylic acids is 1. The molecule has 0 spiro atoms. The van der Waals surface area contributed by atoms with E-state index in [0.717, 1.165) is 0 Å². The van der Waals surface area contributed by atoms with Gasteiger partial charge in [0.1, 0.15) is 5.56 Å². The molecule has 0 aliphatic heterocycles. The monoisotopic (exact) mass is 308 g/mol. The van der Waals surface area contributed by atoms with Crippen molar-refractivity contribution in [2.45, 2.75) is 6.92 Å². The number of pyridine rings is 1. The van der Waals surface area contributed by atoms with Gasteiger partial charge in [-0.3, -0.25) is 14.4 Å². The van der Waals surface area contributed by atoms with E-state index in [9.17, 15) is 9.59 Å². The number of H-pyrrole nitrogens is 1. The number of aromatic nitrogens is 1. The van der Waals surface area contributed by atoms with Gasteiger partial charge in [0.2, 0.25) is 0 Å². The molecule has 0 atom stereocenters. The van der Waals surface area contributed by atoms with E-state index in [-0.39, 0.29) is 18.1 Å². The average molecular weight is 310 g/mol. The van der Waals surface area contributed by atoms with Gasteiger partial charge in [-0.1, -0.05) is 0 Å². The van der Waals surface area contributed by atoms with E-state index in [1.165, 1.54) is 6.07 Å². The summed E-state index contributed by atoms with van der Waals surface area (Å²) in [6.07, 6.45) is 0. The normalized spacial score (nSPS) is 10.2. The van der Waals surface area contributed by atoms with Crippen molar-refractivity contribution in [2.24, 2.45) is 0 Å². The molecule has 0 aliphatic carbocycles. The molecule has 0 unspecified atom stereocenters. The van der Waals surface area contributed by atoms with Crippen LogP contribution >= 0.6 is 27.5 Å². The van der Waals surface area contributed by atoms with Gasteiger partial charge < -0.3 is 4.98 Å².